The Morgan fingerprint density at radius 2 is 2.24 bits per heavy atom. The van der Waals surface area contributed by atoms with E-state index >= 15 is 0 Å². The van der Waals surface area contributed by atoms with E-state index in [1.165, 1.54) is 6.07 Å². The fourth-order valence-corrected chi connectivity index (χ4v) is 1.79. The van der Waals surface area contributed by atoms with Gasteiger partial charge in [-0.05, 0) is 25.3 Å². The Morgan fingerprint density at radius 1 is 1.48 bits per heavy atom. The molecule has 2 rings (SSSR count). The molecule has 0 heterocycles. The van der Waals surface area contributed by atoms with Crippen molar-refractivity contribution in [2.75, 3.05) is 18.5 Å². The van der Waals surface area contributed by atoms with Crippen LogP contribution in [0.3, 0.4) is 0 Å². The highest BCUT2D eigenvalue weighted by Gasteiger charge is 2.23. The average molecular weight is 293 g/mol. The lowest BCUT2D eigenvalue weighted by molar-refractivity contribution is -0.385. The predicted molar refractivity (Wildman–Crippen MR) is 78.5 cm³/mol. The fraction of sp³-hybridized carbons (Fsp3) is 0.500. The number of nitrogens with zero attached hydrogens (tertiary/aromatic N) is 1. The molecule has 114 valence electrons. The van der Waals surface area contributed by atoms with Crippen molar-refractivity contribution >= 4 is 17.3 Å². The minimum absolute atomic E-state index is 0.0727. The summed E-state index contributed by atoms with van der Waals surface area (Å²) in [5.41, 5.74) is 0.550. The van der Waals surface area contributed by atoms with Crippen molar-refractivity contribution in [2.45, 2.75) is 32.2 Å². The summed E-state index contributed by atoms with van der Waals surface area (Å²) in [4.78, 5) is 22.0. The van der Waals surface area contributed by atoms with Crippen molar-refractivity contribution in [3.05, 3.63) is 28.3 Å². The van der Waals surface area contributed by atoms with Crippen LogP contribution in [0.5, 0.6) is 5.75 Å². The maximum atomic E-state index is 11.6. The molecule has 1 aliphatic rings. The molecule has 0 saturated heterocycles. The van der Waals surface area contributed by atoms with Gasteiger partial charge < -0.3 is 15.4 Å². The van der Waals surface area contributed by atoms with Crippen LogP contribution < -0.4 is 15.4 Å². The standard InChI is InChI=1S/C14H19N3O4/c1-2-7-21-13-8-11(5-6-12(13)17(19)20)15-9-14(18)16-10-3-4-10/h5-6,8,10,15H,2-4,7,9H2,1H3,(H,16,18). The number of anilines is 1. The molecule has 1 aromatic rings. The number of carbonyl (C=O) groups excluding carboxylic acids is 1. The highest BCUT2D eigenvalue weighted by molar-refractivity contribution is 5.81. The molecule has 7 nitrogen and oxygen atoms in total. The Hall–Kier alpha value is -2.31. The molecule has 21 heavy (non-hydrogen) atoms. The summed E-state index contributed by atoms with van der Waals surface area (Å²) in [6, 6.07) is 4.82. The van der Waals surface area contributed by atoms with Crippen molar-refractivity contribution in [1.29, 1.82) is 0 Å². The molecule has 1 amide bonds. The second-order valence-corrected chi connectivity index (χ2v) is 4.98. The van der Waals surface area contributed by atoms with Crippen molar-refractivity contribution < 1.29 is 14.5 Å². The van der Waals surface area contributed by atoms with Gasteiger partial charge in [0.15, 0.2) is 5.75 Å². The average Bonchev–Trinajstić information content (AvgIpc) is 3.26. The van der Waals surface area contributed by atoms with Crippen molar-refractivity contribution in [2.24, 2.45) is 0 Å². The van der Waals surface area contributed by atoms with Crippen LogP contribution in [0.4, 0.5) is 11.4 Å². The summed E-state index contributed by atoms with van der Waals surface area (Å²) in [5, 5.41) is 16.7. The summed E-state index contributed by atoms with van der Waals surface area (Å²) in [5.74, 6) is 0.140. The minimum atomic E-state index is -0.478. The van der Waals surface area contributed by atoms with E-state index in [0.29, 0.717) is 18.3 Å². The topological polar surface area (TPSA) is 93.5 Å². The van der Waals surface area contributed by atoms with Crippen molar-refractivity contribution in [3.8, 4) is 5.75 Å². The monoisotopic (exact) mass is 293 g/mol. The highest BCUT2D eigenvalue weighted by atomic mass is 16.6. The summed E-state index contributed by atoms with van der Waals surface area (Å²) >= 11 is 0. The first-order valence-electron chi connectivity index (χ1n) is 7.04. The molecule has 0 aromatic heterocycles. The molecular formula is C14H19N3O4. The van der Waals surface area contributed by atoms with Gasteiger partial charge in [0.1, 0.15) is 0 Å². The normalized spacial score (nSPS) is 13.6. The third-order valence-electron chi connectivity index (χ3n) is 3.01. The molecule has 0 spiro atoms. The van der Waals surface area contributed by atoms with E-state index in [9.17, 15) is 14.9 Å². The molecule has 1 aliphatic carbocycles. The van der Waals surface area contributed by atoms with E-state index in [4.69, 9.17) is 4.74 Å². The molecule has 0 unspecified atom stereocenters. The van der Waals surface area contributed by atoms with Crippen molar-refractivity contribution in [1.82, 2.24) is 5.32 Å². The Balaban J connectivity index is 1.98. The van der Waals surface area contributed by atoms with Gasteiger partial charge in [-0.3, -0.25) is 14.9 Å². The Morgan fingerprint density at radius 3 is 2.86 bits per heavy atom. The predicted octanol–water partition coefficient (Wildman–Crippen LogP) is 2.07. The minimum Gasteiger partial charge on any atom is -0.487 e. The van der Waals surface area contributed by atoms with Crippen LogP contribution in [0, 0.1) is 10.1 Å². The van der Waals surface area contributed by atoms with Gasteiger partial charge in [0.25, 0.3) is 0 Å². The van der Waals surface area contributed by atoms with E-state index < -0.39 is 4.92 Å². The summed E-state index contributed by atoms with van der Waals surface area (Å²) < 4.78 is 5.39. The zero-order valence-corrected chi connectivity index (χ0v) is 11.9. The smallest absolute Gasteiger partial charge is 0.311 e. The van der Waals surface area contributed by atoms with Gasteiger partial charge in [-0.2, -0.15) is 0 Å². The summed E-state index contributed by atoms with van der Waals surface area (Å²) in [6.07, 6.45) is 2.84. The molecule has 0 atom stereocenters. The molecule has 0 aliphatic heterocycles. The van der Waals surface area contributed by atoms with E-state index in [2.05, 4.69) is 10.6 Å². The second-order valence-electron chi connectivity index (χ2n) is 4.98. The number of amides is 1. The van der Waals surface area contributed by atoms with Crippen molar-refractivity contribution in [3.63, 3.8) is 0 Å². The number of hydrogen-bond acceptors (Lipinski definition) is 5. The third kappa shape index (κ3) is 4.62. The first-order valence-corrected chi connectivity index (χ1v) is 7.04. The van der Waals surface area contributed by atoms with Crippen LogP contribution in [-0.2, 0) is 4.79 Å². The lowest BCUT2D eigenvalue weighted by atomic mass is 10.2. The van der Waals surface area contributed by atoms with Gasteiger partial charge >= 0.3 is 5.69 Å². The molecule has 2 N–H and O–H groups in total. The third-order valence-corrected chi connectivity index (χ3v) is 3.01. The molecule has 1 aromatic carbocycles. The van der Waals surface area contributed by atoms with Crippen LogP contribution in [0.2, 0.25) is 0 Å². The quantitative estimate of drug-likeness (QED) is 0.565. The fourth-order valence-electron chi connectivity index (χ4n) is 1.79. The number of ether oxygens (including phenoxy) is 1. The first-order chi connectivity index (χ1) is 10.1. The van der Waals surface area contributed by atoms with E-state index in [-0.39, 0.29) is 23.9 Å². The SMILES string of the molecule is CCCOc1cc(NCC(=O)NC2CC2)ccc1[N+](=O)[O-]. The van der Waals surface area contributed by atoms with Crippen LogP contribution in [0.15, 0.2) is 18.2 Å². The maximum Gasteiger partial charge on any atom is 0.311 e. The lowest BCUT2D eigenvalue weighted by Gasteiger charge is -2.10. The van der Waals surface area contributed by atoms with Gasteiger partial charge in [0.05, 0.1) is 18.1 Å². The molecule has 1 fully saturated rings. The number of nitro groups is 1. The number of hydrogen-bond donors (Lipinski definition) is 2. The number of rotatable bonds is 8. The molecule has 0 bridgehead atoms. The summed E-state index contributed by atoms with van der Waals surface area (Å²) in [7, 11) is 0. The molecule has 7 heteroatoms. The first kappa shape index (κ1) is 15.1. The lowest BCUT2D eigenvalue weighted by Crippen LogP contribution is -2.31. The number of benzene rings is 1. The molecule has 1 saturated carbocycles. The Labute approximate surface area is 122 Å². The maximum absolute atomic E-state index is 11.6. The van der Waals surface area contributed by atoms with Gasteiger partial charge in [0, 0.05) is 23.9 Å². The van der Waals surface area contributed by atoms with Crippen LogP contribution in [0.1, 0.15) is 26.2 Å². The van der Waals surface area contributed by atoms with Gasteiger partial charge in [0.2, 0.25) is 5.91 Å². The largest absolute Gasteiger partial charge is 0.487 e. The van der Waals surface area contributed by atoms with Gasteiger partial charge in [-0.1, -0.05) is 6.92 Å². The second kappa shape index (κ2) is 6.92. The highest BCUT2D eigenvalue weighted by Crippen LogP contribution is 2.30. The number of nitrogens with one attached hydrogen (secondary N) is 2. The number of carbonyl (C=O) groups is 1. The Bertz CT molecular complexity index is 529. The Kier molecular flexibility index (Phi) is 4.97. The zero-order valence-electron chi connectivity index (χ0n) is 11.9. The van der Waals surface area contributed by atoms with E-state index in [1.54, 1.807) is 12.1 Å². The zero-order chi connectivity index (χ0) is 15.2. The summed E-state index contributed by atoms with van der Waals surface area (Å²) in [6.45, 7) is 2.48. The van der Waals surface area contributed by atoms with E-state index in [1.807, 2.05) is 6.92 Å². The number of nitro benzene ring substituents is 1. The van der Waals surface area contributed by atoms with Crippen LogP contribution in [0.25, 0.3) is 0 Å². The molecule has 0 radical (unpaired) electrons. The van der Waals surface area contributed by atoms with Crippen LogP contribution >= 0.6 is 0 Å². The van der Waals surface area contributed by atoms with E-state index in [0.717, 1.165) is 19.3 Å². The van der Waals surface area contributed by atoms with Gasteiger partial charge in [-0.15, -0.1) is 0 Å². The van der Waals surface area contributed by atoms with Crippen LogP contribution in [-0.4, -0.2) is 30.0 Å². The molecular weight excluding hydrogens is 274 g/mol. The van der Waals surface area contributed by atoms with Gasteiger partial charge in [-0.25, -0.2) is 0 Å².